The van der Waals surface area contributed by atoms with Crippen molar-refractivity contribution in [2.75, 3.05) is 13.7 Å². The van der Waals surface area contributed by atoms with E-state index in [9.17, 15) is 14.0 Å². The number of ether oxygens (including phenoxy) is 1. The van der Waals surface area contributed by atoms with Crippen molar-refractivity contribution in [3.63, 3.8) is 0 Å². The Labute approximate surface area is 109 Å². The van der Waals surface area contributed by atoms with Gasteiger partial charge in [-0.15, -0.1) is 0 Å². The normalized spacial score (nSPS) is 22.7. The van der Waals surface area contributed by atoms with E-state index in [1.165, 1.54) is 19.2 Å². The maximum absolute atomic E-state index is 14.0. The molecule has 6 heteroatoms. The fourth-order valence-corrected chi connectivity index (χ4v) is 2.30. The molecule has 1 fully saturated rings. The van der Waals surface area contributed by atoms with Crippen molar-refractivity contribution >= 4 is 11.9 Å². The van der Waals surface area contributed by atoms with E-state index in [4.69, 9.17) is 9.84 Å². The number of nitrogens with one attached hydrogen (secondary N) is 1. The van der Waals surface area contributed by atoms with Gasteiger partial charge in [0.05, 0.1) is 13.0 Å². The third-order valence-electron chi connectivity index (χ3n) is 3.33. The SMILES string of the molecule is COc1ccc(C2CC(=O)NC[C@H]2C(=O)O)c(F)c1. The molecular formula is C13H14FNO4. The van der Waals surface area contributed by atoms with E-state index in [2.05, 4.69) is 5.32 Å². The van der Waals surface area contributed by atoms with Crippen LogP contribution in [0.25, 0.3) is 0 Å². The molecule has 102 valence electrons. The quantitative estimate of drug-likeness (QED) is 0.861. The molecule has 1 unspecified atom stereocenters. The van der Waals surface area contributed by atoms with Gasteiger partial charge in [0.1, 0.15) is 11.6 Å². The van der Waals surface area contributed by atoms with Crippen LogP contribution in [0.2, 0.25) is 0 Å². The van der Waals surface area contributed by atoms with E-state index < -0.39 is 23.6 Å². The fraction of sp³-hybridized carbons (Fsp3) is 0.385. The number of carbonyl (C=O) groups excluding carboxylic acids is 1. The summed E-state index contributed by atoms with van der Waals surface area (Å²) in [6.07, 6.45) is -0.0276. The van der Waals surface area contributed by atoms with Crippen LogP contribution >= 0.6 is 0 Å². The average Bonchev–Trinajstić information content (AvgIpc) is 2.38. The van der Waals surface area contributed by atoms with Crippen molar-refractivity contribution in [2.24, 2.45) is 5.92 Å². The number of carboxylic acid groups (broad SMARTS) is 1. The van der Waals surface area contributed by atoms with Crippen LogP contribution in [-0.4, -0.2) is 30.6 Å². The smallest absolute Gasteiger partial charge is 0.308 e. The first kappa shape index (κ1) is 13.3. The summed E-state index contributed by atoms with van der Waals surface area (Å²) in [6.45, 7) is 0.0182. The zero-order valence-corrected chi connectivity index (χ0v) is 10.4. The van der Waals surface area contributed by atoms with Crippen LogP contribution in [0.4, 0.5) is 4.39 Å². The molecule has 2 atom stereocenters. The van der Waals surface area contributed by atoms with Crippen LogP contribution in [0.5, 0.6) is 5.75 Å². The van der Waals surface area contributed by atoms with Crippen LogP contribution in [0.1, 0.15) is 17.9 Å². The summed E-state index contributed by atoms with van der Waals surface area (Å²) < 4.78 is 18.9. The number of aliphatic carboxylic acids is 1. The number of carboxylic acids is 1. The predicted octanol–water partition coefficient (Wildman–Crippen LogP) is 1.14. The Morgan fingerprint density at radius 3 is 2.84 bits per heavy atom. The number of methoxy groups -OCH3 is 1. The molecule has 2 N–H and O–H groups in total. The molecule has 0 aliphatic carbocycles. The van der Waals surface area contributed by atoms with Crippen molar-refractivity contribution in [3.05, 3.63) is 29.6 Å². The van der Waals surface area contributed by atoms with E-state index in [0.717, 1.165) is 0 Å². The third-order valence-corrected chi connectivity index (χ3v) is 3.33. The molecule has 1 heterocycles. The zero-order chi connectivity index (χ0) is 14.0. The monoisotopic (exact) mass is 267 g/mol. The number of benzene rings is 1. The highest BCUT2D eigenvalue weighted by Gasteiger charge is 2.36. The minimum absolute atomic E-state index is 0.0182. The van der Waals surface area contributed by atoms with Gasteiger partial charge in [0, 0.05) is 24.9 Å². The van der Waals surface area contributed by atoms with Crippen LogP contribution < -0.4 is 10.1 Å². The van der Waals surface area contributed by atoms with Gasteiger partial charge in [0.25, 0.3) is 0 Å². The Morgan fingerprint density at radius 1 is 1.53 bits per heavy atom. The number of hydrogen-bond acceptors (Lipinski definition) is 3. The lowest BCUT2D eigenvalue weighted by Gasteiger charge is -2.29. The van der Waals surface area contributed by atoms with Gasteiger partial charge < -0.3 is 15.2 Å². The molecule has 1 aliphatic rings. The molecule has 0 bridgehead atoms. The summed E-state index contributed by atoms with van der Waals surface area (Å²) in [5.41, 5.74) is 0.239. The van der Waals surface area contributed by atoms with Crippen molar-refractivity contribution < 1.29 is 23.8 Å². The highest BCUT2D eigenvalue weighted by molar-refractivity contribution is 5.82. The Kier molecular flexibility index (Phi) is 3.69. The molecule has 0 spiro atoms. The molecular weight excluding hydrogens is 253 g/mol. The molecule has 0 radical (unpaired) electrons. The second-order valence-corrected chi connectivity index (χ2v) is 4.45. The van der Waals surface area contributed by atoms with Gasteiger partial charge in [-0.05, 0) is 11.6 Å². The standard InChI is InChI=1S/C13H14FNO4/c1-19-7-2-3-8(11(14)4-7)9-5-12(16)15-6-10(9)13(17)18/h2-4,9-10H,5-6H2,1H3,(H,15,16)(H,17,18)/t9?,10-/m1/s1. The number of halogens is 1. The second kappa shape index (κ2) is 5.26. The van der Waals surface area contributed by atoms with Gasteiger partial charge in [0.2, 0.25) is 5.91 Å². The molecule has 1 aromatic carbocycles. The summed E-state index contributed by atoms with van der Waals surface area (Å²) in [4.78, 5) is 22.6. The molecule has 1 amide bonds. The van der Waals surface area contributed by atoms with Crippen molar-refractivity contribution in [1.29, 1.82) is 0 Å². The van der Waals surface area contributed by atoms with Crippen molar-refractivity contribution in [3.8, 4) is 5.75 Å². The number of hydrogen-bond donors (Lipinski definition) is 2. The Morgan fingerprint density at radius 2 is 2.26 bits per heavy atom. The molecule has 1 aliphatic heterocycles. The van der Waals surface area contributed by atoms with Gasteiger partial charge in [-0.3, -0.25) is 9.59 Å². The summed E-state index contributed by atoms with van der Waals surface area (Å²) >= 11 is 0. The number of carbonyl (C=O) groups is 2. The average molecular weight is 267 g/mol. The molecule has 1 aromatic rings. The van der Waals surface area contributed by atoms with Crippen LogP contribution in [-0.2, 0) is 9.59 Å². The van der Waals surface area contributed by atoms with Crippen molar-refractivity contribution in [1.82, 2.24) is 5.32 Å². The first-order chi connectivity index (χ1) is 9.02. The number of piperidine rings is 1. The van der Waals surface area contributed by atoms with E-state index in [-0.39, 0.29) is 24.4 Å². The molecule has 5 nitrogen and oxygen atoms in total. The van der Waals surface area contributed by atoms with Crippen LogP contribution in [0, 0.1) is 11.7 Å². The Bertz CT molecular complexity index is 517. The van der Waals surface area contributed by atoms with E-state index in [0.29, 0.717) is 5.75 Å². The lowest BCUT2D eigenvalue weighted by Crippen LogP contribution is -2.43. The number of rotatable bonds is 3. The summed E-state index contributed by atoms with van der Waals surface area (Å²) in [5, 5.41) is 11.6. The summed E-state index contributed by atoms with van der Waals surface area (Å²) in [6, 6.07) is 4.23. The van der Waals surface area contributed by atoms with E-state index >= 15 is 0 Å². The topological polar surface area (TPSA) is 75.6 Å². The second-order valence-electron chi connectivity index (χ2n) is 4.45. The lowest BCUT2D eigenvalue weighted by atomic mass is 9.80. The Hall–Kier alpha value is -2.11. The molecule has 0 saturated carbocycles. The minimum Gasteiger partial charge on any atom is -0.497 e. The third kappa shape index (κ3) is 2.67. The van der Waals surface area contributed by atoms with E-state index in [1.54, 1.807) is 6.07 Å². The molecule has 2 rings (SSSR count). The van der Waals surface area contributed by atoms with Gasteiger partial charge >= 0.3 is 5.97 Å². The van der Waals surface area contributed by atoms with Crippen LogP contribution in [0.15, 0.2) is 18.2 Å². The minimum atomic E-state index is -1.04. The maximum Gasteiger partial charge on any atom is 0.308 e. The van der Waals surface area contributed by atoms with Crippen molar-refractivity contribution in [2.45, 2.75) is 12.3 Å². The maximum atomic E-state index is 14.0. The van der Waals surface area contributed by atoms with Gasteiger partial charge in [-0.25, -0.2) is 4.39 Å². The first-order valence-corrected chi connectivity index (χ1v) is 5.86. The highest BCUT2D eigenvalue weighted by atomic mass is 19.1. The molecule has 0 aromatic heterocycles. The van der Waals surface area contributed by atoms with Gasteiger partial charge in [-0.1, -0.05) is 6.07 Å². The van der Waals surface area contributed by atoms with Gasteiger partial charge in [-0.2, -0.15) is 0 Å². The molecule has 1 saturated heterocycles. The lowest BCUT2D eigenvalue weighted by molar-refractivity contribution is -0.144. The summed E-state index contributed by atoms with van der Waals surface area (Å²) in [5.74, 6) is -2.98. The summed E-state index contributed by atoms with van der Waals surface area (Å²) in [7, 11) is 1.42. The van der Waals surface area contributed by atoms with E-state index in [1.807, 2.05) is 0 Å². The Balaban J connectivity index is 2.36. The zero-order valence-electron chi connectivity index (χ0n) is 10.4. The highest BCUT2D eigenvalue weighted by Crippen LogP contribution is 2.33. The largest absolute Gasteiger partial charge is 0.497 e. The van der Waals surface area contributed by atoms with Gasteiger partial charge in [0.15, 0.2) is 0 Å². The first-order valence-electron chi connectivity index (χ1n) is 5.86. The molecule has 19 heavy (non-hydrogen) atoms. The predicted molar refractivity (Wildman–Crippen MR) is 64.4 cm³/mol. The van der Waals surface area contributed by atoms with Crippen LogP contribution in [0.3, 0.4) is 0 Å². The number of amides is 1. The fourth-order valence-electron chi connectivity index (χ4n) is 2.30.